The minimum Gasteiger partial charge on any atom is -0.452 e. The smallest absolute Gasteiger partial charge is 0.342 e. The first kappa shape index (κ1) is 22.6. The molecule has 0 saturated heterocycles. The molecule has 33 heavy (non-hydrogen) atoms. The Kier molecular flexibility index (Phi) is 7.08. The molecule has 0 atom stereocenters. The molecule has 0 spiro atoms. The third-order valence-corrected chi connectivity index (χ3v) is 7.02. The quantitative estimate of drug-likeness (QED) is 0.354. The molecular weight excluding hydrogens is 480 g/mol. The number of carbonyl (C=O) groups excluding carboxylic acids is 4. The van der Waals surface area contributed by atoms with Crippen LogP contribution >= 0.6 is 34.0 Å². The lowest BCUT2D eigenvalue weighted by Gasteiger charge is -2.09. The number of ether oxygens (including phenoxy) is 1. The summed E-state index contributed by atoms with van der Waals surface area (Å²) in [6, 6.07) is 15.9. The minimum absolute atomic E-state index is 0.147. The number of nitrogens with one attached hydrogen (secondary N) is 2. The first-order chi connectivity index (χ1) is 16.0. The van der Waals surface area contributed by atoms with Crippen molar-refractivity contribution in [3.05, 3.63) is 86.1 Å². The number of anilines is 1. The number of thiophene rings is 3. The third kappa shape index (κ3) is 5.43. The standard InChI is InChI=1S/C23H16N2O5S3/c26-18(24-20(27)16-8-4-10-31-16)12-30-23(29)19-15(14-6-2-1-3-7-14)13-33-22(19)25-21(28)17-9-5-11-32-17/h1-11,13H,12H2,(H,25,28)(H,24,26,27). The second-order valence-corrected chi connectivity index (χ2v) is 9.36. The van der Waals surface area contributed by atoms with Gasteiger partial charge >= 0.3 is 5.97 Å². The molecule has 0 bridgehead atoms. The van der Waals surface area contributed by atoms with E-state index in [4.69, 9.17) is 4.74 Å². The van der Waals surface area contributed by atoms with Crippen molar-refractivity contribution in [1.29, 1.82) is 0 Å². The summed E-state index contributed by atoms with van der Waals surface area (Å²) in [5, 5.41) is 10.5. The van der Waals surface area contributed by atoms with Crippen LogP contribution in [0.15, 0.2) is 70.7 Å². The van der Waals surface area contributed by atoms with Gasteiger partial charge in [-0.2, -0.15) is 0 Å². The van der Waals surface area contributed by atoms with E-state index in [-0.39, 0.29) is 11.5 Å². The van der Waals surface area contributed by atoms with E-state index in [9.17, 15) is 19.2 Å². The van der Waals surface area contributed by atoms with Crippen molar-refractivity contribution in [2.75, 3.05) is 11.9 Å². The van der Waals surface area contributed by atoms with Gasteiger partial charge in [-0.05, 0) is 28.5 Å². The molecule has 0 fully saturated rings. The number of amides is 3. The molecule has 0 aliphatic carbocycles. The molecule has 10 heteroatoms. The molecule has 2 N–H and O–H groups in total. The molecule has 4 rings (SSSR count). The molecule has 3 aromatic heterocycles. The van der Waals surface area contributed by atoms with Gasteiger partial charge in [0.1, 0.15) is 10.6 Å². The first-order valence-electron chi connectivity index (χ1n) is 9.59. The van der Waals surface area contributed by atoms with Crippen LogP contribution < -0.4 is 10.6 Å². The van der Waals surface area contributed by atoms with Crippen LogP contribution in [0.2, 0.25) is 0 Å². The summed E-state index contributed by atoms with van der Waals surface area (Å²) >= 11 is 3.66. The topological polar surface area (TPSA) is 102 Å². The maximum atomic E-state index is 13.0. The molecule has 0 saturated carbocycles. The zero-order chi connectivity index (χ0) is 23.2. The average molecular weight is 497 g/mol. The maximum absolute atomic E-state index is 13.0. The lowest BCUT2D eigenvalue weighted by Crippen LogP contribution is -2.33. The molecule has 0 aliphatic heterocycles. The normalized spacial score (nSPS) is 10.4. The van der Waals surface area contributed by atoms with Gasteiger partial charge in [-0.3, -0.25) is 19.7 Å². The predicted molar refractivity (Wildman–Crippen MR) is 129 cm³/mol. The van der Waals surface area contributed by atoms with E-state index < -0.39 is 24.4 Å². The van der Waals surface area contributed by atoms with Crippen molar-refractivity contribution >= 4 is 62.7 Å². The number of imide groups is 1. The molecule has 0 unspecified atom stereocenters. The summed E-state index contributed by atoms with van der Waals surface area (Å²) in [5.74, 6) is -2.44. The SMILES string of the molecule is O=C(COC(=O)c1c(-c2ccccc2)csc1NC(=O)c1cccs1)NC(=O)c1cccs1. The van der Waals surface area contributed by atoms with Crippen LogP contribution in [-0.4, -0.2) is 30.3 Å². The van der Waals surface area contributed by atoms with Crippen molar-refractivity contribution in [2.24, 2.45) is 0 Å². The van der Waals surface area contributed by atoms with Crippen molar-refractivity contribution in [3.63, 3.8) is 0 Å². The molecule has 166 valence electrons. The van der Waals surface area contributed by atoms with E-state index in [0.29, 0.717) is 20.3 Å². The highest BCUT2D eigenvalue weighted by molar-refractivity contribution is 7.15. The Morgan fingerprint density at radius 1 is 0.788 bits per heavy atom. The molecule has 4 aromatic rings. The van der Waals surface area contributed by atoms with Crippen LogP contribution in [0.1, 0.15) is 29.7 Å². The highest BCUT2D eigenvalue weighted by Gasteiger charge is 2.24. The predicted octanol–water partition coefficient (Wildman–Crippen LogP) is 4.90. The third-order valence-electron chi connectivity index (χ3n) is 4.38. The fourth-order valence-corrected chi connectivity index (χ4v) is 5.08. The Balaban J connectivity index is 1.52. The molecule has 3 heterocycles. The number of hydrogen-bond acceptors (Lipinski definition) is 8. The summed E-state index contributed by atoms with van der Waals surface area (Å²) in [6.45, 7) is -0.641. The van der Waals surface area contributed by atoms with Crippen molar-refractivity contribution in [1.82, 2.24) is 5.32 Å². The largest absolute Gasteiger partial charge is 0.452 e. The Morgan fingerprint density at radius 2 is 1.45 bits per heavy atom. The van der Waals surface area contributed by atoms with E-state index in [1.807, 2.05) is 30.3 Å². The van der Waals surface area contributed by atoms with Gasteiger partial charge in [0.25, 0.3) is 17.7 Å². The van der Waals surface area contributed by atoms with Crippen molar-refractivity contribution in [2.45, 2.75) is 0 Å². The van der Waals surface area contributed by atoms with Crippen LogP contribution in [0.25, 0.3) is 11.1 Å². The van der Waals surface area contributed by atoms with E-state index in [1.54, 1.807) is 40.4 Å². The van der Waals surface area contributed by atoms with Gasteiger partial charge in [0.2, 0.25) is 0 Å². The highest BCUT2D eigenvalue weighted by Crippen LogP contribution is 2.36. The minimum atomic E-state index is -0.782. The molecule has 1 aromatic carbocycles. The van der Waals surface area contributed by atoms with Crippen molar-refractivity contribution in [3.8, 4) is 11.1 Å². The Bertz CT molecular complexity index is 1280. The van der Waals surface area contributed by atoms with Gasteiger partial charge < -0.3 is 10.1 Å². The fraction of sp³-hybridized carbons (Fsp3) is 0.0435. The summed E-state index contributed by atoms with van der Waals surface area (Å²) in [5.41, 5.74) is 1.48. The number of benzene rings is 1. The zero-order valence-electron chi connectivity index (χ0n) is 16.9. The zero-order valence-corrected chi connectivity index (χ0v) is 19.4. The number of rotatable bonds is 7. The number of hydrogen-bond donors (Lipinski definition) is 2. The van der Waals surface area contributed by atoms with Crippen LogP contribution in [0.4, 0.5) is 5.00 Å². The monoisotopic (exact) mass is 496 g/mol. The van der Waals surface area contributed by atoms with E-state index in [0.717, 1.165) is 5.56 Å². The Hall–Kier alpha value is -3.60. The molecule has 7 nitrogen and oxygen atoms in total. The Labute approximate surface area is 200 Å². The highest BCUT2D eigenvalue weighted by atomic mass is 32.1. The van der Waals surface area contributed by atoms with Gasteiger partial charge in [-0.15, -0.1) is 34.0 Å². The average Bonchev–Trinajstić information content (AvgIpc) is 3.60. The maximum Gasteiger partial charge on any atom is 0.342 e. The van der Waals surface area contributed by atoms with E-state index in [2.05, 4.69) is 10.6 Å². The van der Waals surface area contributed by atoms with Crippen LogP contribution in [0.3, 0.4) is 0 Å². The number of carbonyl (C=O) groups is 4. The van der Waals surface area contributed by atoms with Gasteiger partial charge in [0, 0.05) is 10.9 Å². The first-order valence-corrected chi connectivity index (χ1v) is 12.2. The van der Waals surface area contributed by atoms with Gasteiger partial charge in [-0.25, -0.2) is 4.79 Å². The second-order valence-electron chi connectivity index (χ2n) is 6.58. The lowest BCUT2D eigenvalue weighted by molar-refractivity contribution is -0.123. The molecule has 0 radical (unpaired) electrons. The van der Waals surface area contributed by atoms with E-state index in [1.165, 1.54) is 34.0 Å². The molecule has 3 amide bonds. The van der Waals surface area contributed by atoms with Gasteiger partial charge in [-0.1, -0.05) is 42.5 Å². The molecule has 0 aliphatic rings. The fourth-order valence-electron chi connectivity index (χ4n) is 2.89. The second kappa shape index (κ2) is 10.3. The van der Waals surface area contributed by atoms with Crippen molar-refractivity contribution < 1.29 is 23.9 Å². The summed E-state index contributed by atoms with van der Waals surface area (Å²) < 4.78 is 5.20. The summed E-state index contributed by atoms with van der Waals surface area (Å²) in [7, 11) is 0. The summed E-state index contributed by atoms with van der Waals surface area (Å²) in [4.78, 5) is 50.5. The summed E-state index contributed by atoms with van der Waals surface area (Å²) in [6.07, 6.45) is 0. The van der Waals surface area contributed by atoms with Crippen LogP contribution in [-0.2, 0) is 9.53 Å². The lowest BCUT2D eigenvalue weighted by atomic mass is 10.0. The van der Waals surface area contributed by atoms with Gasteiger partial charge in [0.15, 0.2) is 6.61 Å². The van der Waals surface area contributed by atoms with Crippen LogP contribution in [0, 0.1) is 0 Å². The molecular formula is C23H16N2O5S3. The Morgan fingerprint density at radius 3 is 2.09 bits per heavy atom. The van der Waals surface area contributed by atoms with Gasteiger partial charge in [0.05, 0.1) is 9.75 Å². The van der Waals surface area contributed by atoms with E-state index >= 15 is 0 Å². The van der Waals surface area contributed by atoms with Crippen LogP contribution in [0.5, 0.6) is 0 Å². The number of esters is 1.